The van der Waals surface area contributed by atoms with Gasteiger partial charge in [0.2, 0.25) is 6.10 Å². The molecule has 1 aromatic carbocycles. The van der Waals surface area contributed by atoms with E-state index in [9.17, 15) is 9.90 Å². The average Bonchev–Trinajstić information content (AvgIpc) is 3.26. The number of hydrogen-bond acceptors (Lipinski definition) is 6. The van der Waals surface area contributed by atoms with Crippen LogP contribution in [0, 0.1) is 0 Å². The SMILES string of the molecule is CC(C)=NOC(C)C(=O)N1CCC(c2nc(-c3cc(C(C)(C)C)c(O)c(C(C)(C)C)c3)cs2)CC1. The topological polar surface area (TPSA) is 75.0 Å². The summed E-state index contributed by atoms with van der Waals surface area (Å²) in [6.45, 7) is 19.6. The summed E-state index contributed by atoms with van der Waals surface area (Å²) in [6.07, 6.45) is 1.20. The summed E-state index contributed by atoms with van der Waals surface area (Å²) in [7, 11) is 0. The molecule has 1 atom stereocenters. The van der Waals surface area contributed by atoms with Crippen LogP contribution in [0.25, 0.3) is 11.3 Å². The van der Waals surface area contributed by atoms with E-state index >= 15 is 0 Å². The lowest BCUT2D eigenvalue weighted by Gasteiger charge is -2.32. The first-order chi connectivity index (χ1) is 16.2. The fourth-order valence-corrected chi connectivity index (χ4v) is 5.37. The molecule has 1 fully saturated rings. The summed E-state index contributed by atoms with van der Waals surface area (Å²) < 4.78 is 0. The number of phenolic OH excluding ortho intramolecular Hbond substituents is 1. The maximum Gasteiger partial charge on any atom is 0.266 e. The minimum Gasteiger partial charge on any atom is -0.507 e. The second-order valence-electron chi connectivity index (χ2n) is 11.9. The van der Waals surface area contributed by atoms with Crippen LogP contribution in [0.4, 0.5) is 0 Å². The Balaban J connectivity index is 1.77. The highest BCUT2D eigenvalue weighted by Gasteiger charge is 2.30. The van der Waals surface area contributed by atoms with E-state index in [0.717, 1.165) is 45.9 Å². The third-order valence-corrected chi connectivity index (χ3v) is 7.45. The first kappa shape index (κ1) is 27.2. The fourth-order valence-electron chi connectivity index (χ4n) is 4.37. The Morgan fingerprint density at radius 2 is 1.66 bits per heavy atom. The molecule has 6 nitrogen and oxygen atoms in total. The average molecular weight is 500 g/mol. The van der Waals surface area contributed by atoms with Crippen LogP contribution in [0.1, 0.15) is 97.2 Å². The number of phenols is 1. The van der Waals surface area contributed by atoms with Gasteiger partial charge < -0.3 is 14.8 Å². The van der Waals surface area contributed by atoms with Gasteiger partial charge in [0, 0.05) is 41.1 Å². The lowest BCUT2D eigenvalue weighted by molar-refractivity contribution is -0.143. The highest BCUT2D eigenvalue weighted by molar-refractivity contribution is 7.10. The van der Waals surface area contributed by atoms with Crippen molar-refractivity contribution in [3.05, 3.63) is 33.6 Å². The van der Waals surface area contributed by atoms with Crippen molar-refractivity contribution in [1.82, 2.24) is 9.88 Å². The molecule has 3 rings (SSSR count). The summed E-state index contributed by atoms with van der Waals surface area (Å²) in [5.41, 5.74) is 4.32. The number of oxime groups is 1. The lowest BCUT2D eigenvalue weighted by atomic mass is 9.78. The van der Waals surface area contributed by atoms with Gasteiger partial charge in [-0.15, -0.1) is 11.3 Å². The summed E-state index contributed by atoms with van der Waals surface area (Å²) in [6, 6.07) is 4.18. The molecule has 0 aliphatic carbocycles. The summed E-state index contributed by atoms with van der Waals surface area (Å²) in [5, 5.41) is 18.2. The smallest absolute Gasteiger partial charge is 0.266 e. The van der Waals surface area contributed by atoms with Gasteiger partial charge >= 0.3 is 0 Å². The molecular weight excluding hydrogens is 458 g/mol. The molecule has 2 heterocycles. The molecule has 1 aliphatic rings. The molecule has 0 bridgehead atoms. The standard InChI is InChI=1S/C28H41N3O3S/c1-17(2)30-34-18(3)26(33)31-12-10-19(11-13-31)25-29-23(16-35-25)20-14-21(27(4,5)6)24(32)22(15-20)28(7,8)9/h14-16,18-19,32H,10-13H2,1-9H3. The van der Waals surface area contributed by atoms with Gasteiger partial charge in [-0.05, 0) is 56.6 Å². The van der Waals surface area contributed by atoms with Crippen molar-refractivity contribution in [3.63, 3.8) is 0 Å². The third kappa shape index (κ3) is 6.43. The van der Waals surface area contributed by atoms with E-state index in [2.05, 4.69) is 64.2 Å². The van der Waals surface area contributed by atoms with E-state index in [0.29, 0.717) is 24.8 Å². The van der Waals surface area contributed by atoms with Crippen LogP contribution < -0.4 is 0 Å². The zero-order valence-corrected chi connectivity index (χ0v) is 23.5. The van der Waals surface area contributed by atoms with E-state index < -0.39 is 6.10 Å². The van der Waals surface area contributed by atoms with Crippen molar-refractivity contribution in [2.45, 2.75) is 98.0 Å². The van der Waals surface area contributed by atoms with Crippen LogP contribution in [0.2, 0.25) is 0 Å². The monoisotopic (exact) mass is 499 g/mol. The van der Waals surface area contributed by atoms with E-state index in [1.807, 2.05) is 18.7 Å². The van der Waals surface area contributed by atoms with E-state index in [4.69, 9.17) is 9.82 Å². The molecule has 7 heteroatoms. The Kier molecular flexibility index (Phi) is 7.99. The van der Waals surface area contributed by atoms with Crippen molar-refractivity contribution < 1.29 is 14.7 Å². The number of carbonyl (C=O) groups is 1. The normalized spacial score (nSPS) is 16.2. The molecule has 192 valence electrons. The first-order valence-corrected chi connectivity index (χ1v) is 13.4. The number of rotatable bonds is 5. The Labute approximate surface area is 214 Å². The summed E-state index contributed by atoms with van der Waals surface area (Å²) in [4.78, 5) is 24.9. The molecule has 1 unspecified atom stereocenters. The lowest BCUT2D eigenvalue weighted by Crippen LogP contribution is -2.43. The van der Waals surface area contributed by atoms with Crippen LogP contribution in [0.5, 0.6) is 5.75 Å². The minimum absolute atomic E-state index is 0.0122. The molecule has 0 saturated carbocycles. The molecule has 1 saturated heterocycles. The molecule has 1 amide bonds. The quantitative estimate of drug-likeness (QED) is 0.371. The molecule has 1 aliphatic heterocycles. The third-order valence-electron chi connectivity index (χ3n) is 6.44. The van der Waals surface area contributed by atoms with Gasteiger partial charge in [0.15, 0.2) is 0 Å². The zero-order valence-electron chi connectivity index (χ0n) is 22.7. The number of aromatic nitrogens is 1. The van der Waals surface area contributed by atoms with Gasteiger partial charge in [-0.2, -0.15) is 0 Å². The Morgan fingerprint density at radius 3 is 2.14 bits per heavy atom. The van der Waals surface area contributed by atoms with E-state index in [-0.39, 0.29) is 16.7 Å². The molecule has 0 spiro atoms. The highest BCUT2D eigenvalue weighted by atomic mass is 32.1. The van der Waals surface area contributed by atoms with Crippen molar-refractivity contribution in [1.29, 1.82) is 0 Å². The highest BCUT2D eigenvalue weighted by Crippen LogP contribution is 2.42. The number of carbonyl (C=O) groups excluding carboxylic acids is 1. The second kappa shape index (κ2) is 10.3. The van der Waals surface area contributed by atoms with Crippen molar-refractivity contribution in [3.8, 4) is 17.0 Å². The van der Waals surface area contributed by atoms with E-state index in [1.54, 1.807) is 18.3 Å². The maximum atomic E-state index is 12.7. The van der Waals surface area contributed by atoms with Gasteiger partial charge in [0.1, 0.15) is 5.75 Å². The largest absolute Gasteiger partial charge is 0.507 e. The number of aromatic hydroxyl groups is 1. The number of nitrogens with zero attached hydrogens (tertiary/aromatic N) is 3. The van der Waals surface area contributed by atoms with Gasteiger partial charge in [0.05, 0.1) is 16.4 Å². The summed E-state index contributed by atoms with van der Waals surface area (Å²) in [5.74, 6) is 0.715. The van der Waals surface area contributed by atoms with Crippen LogP contribution in [-0.2, 0) is 20.5 Å². The predicted octanol–water partition coefficient (Wildman–Crippen LogP) is 6.62. The first-order valence-electron chi connectivity index (χ1n) is 12.5. The number of piperidine rings is 1. The van der Waals surface area contributed by atoms with Crippen molar-refractivity contribution >= 4 is 23.0 Å². The Hall–Kier alpha value is -2.41. The van der Waals surface area contributed by atoms with Gasteiger partial charge in [-0.1, -0.05) is 46.7 Å². The zero-order chi connectivity index (χ0) is 26.1. The Morgan fingerprint density at radius 1 is 1.11 bits per heavy atom. The van der Waals surface area contributed by atoms with Crippen LogP contribution in [0.15, 0.2) is 22.7 Å². The molecule has 1 N–H and O–H groups in total. The van der Waals surface area contributed by atoms with Gasteiger partial charge in [-0.3, -0.25) is 4.79 Å². The van der Waals surface area contributed by atoms with Crippen molar-refractivity contribution in [2.75, 3.05) is 13.1 Å². The molecule has 35 heavy (non-hydrogen) atoms. The maximum absolute atomic E-state index is 12.7. The van der Waals surface area contributed by atoms with Gasteiger partial charge in [-0.25, -0.2) is 4.98 Å². The van der Waals surface area contributed by atoms with Crippen LogP contribution in [-0.4, -0.2) is 45.8 Å². The number of likely N-dealkylation sites (tertiary alicyclic amines) is 1. The molecule has 2 aromatic rings. The van der Waals surface area contributed by atoms with Gasteiger partial charge in [0.25, 0.3) is 5.91 Å². The molecule has 1 aromatic heterocycles. The Bertz CT molecular complexity index is 1040. The van der Waals surface area contributed by atoms with Crippen LogP contribution >= 0.6 is 11.3 Å². The molecule has 0 radical (unpaired) electrons. The summed E-state index contributed by atoms with van der Waals surface area (Å²) >= 11 is 1.69. The minimum atomic E-state index is -0.573. The number of benzene rings is 1. The number of hydrogen-bond donors (Lipinski definition) is 1. The fraction of sp³-hybridized carbons (Fsp3) is 0.607. The van der Waals surface area contributed by atoms with E-state index in [1.165, 1.54) is 0 Å². The predicted molar refractivity (Wildman–Crippen MR) is 144 cm³/mol. The number of thiazole rings is 1. The molecular formula is C28H41N3O3S. The van der Waals surface area contributed by atoms with Crippen LogP contribution in [0.3, 0.4) is 0 Å². The van der Waals surface area contributed by atoms with Crippen molar-refractivity contribution in [2.24, 2.45) is 5.16 Å². The second-order valence-corrected chi connectivity index (χ2v) is 12.8. The number of amides is 1.